The fraction of sp³-hybridized carbons (Fsp3) is 0.833. The van der Waals surface area contributed by atoms with Crippen molar-refractivity contribution in [3.8, 4) is 0 Å². The van der Waals surface area contributed by atoms with Crippen LogP contribution in [0.1, 0.15) is 232 Å². The average molecular weight is 760 g/mol. The van der Waals surface area contributed by atoms with Crippen molar-refractivity contribution in [1.82, 2.24) is 5.32 Å². The lowest BCUT2D eigenvalue weighted by Gasteiger charge is -2.22. The van der Waals surface area contributed by atoms with Crippen LogP contribution < -0.4 is 5.32 Å². The molecule has 0 saturated heterocycles. The van der Waals surface area contributed by atoms with Gasteiger partial charge in [-0.2, -0.15) is 0 Å². The Morgan fingerprint density at radius 2 is 0.926 bits per heavy atom. The number of carbonyl (C=O) groups excluding carboxylic acids is 2. The highest BCUT2D eigenvalue weighted by atomic mass is 16.5. The maximum Gasteiger partial charge on any atom is 0.305 e. The molecule has 0 spiro atoms. The molecule has 1 amide bonds. The average Bonchev–Trinajstić information content (AvgIpc) is 3.17. The van der Waals surface area contributed by atoms with E-state index in [0.717, 1.165) is 83.5 Å². The number of esters is 1. The third-order valence-electron chi connectivity index (χ3n) is 10.4. The Balaban J connectivity index is 3.52. The largest absolute Gasteiger partial charge is 0.466 e. The van der Waals surface area contributed by atoms with Crippen LogP contribution in [-0.2, 0) is 14.3 Å². The van der Waals surface area contributed by atoms with Crippen LogP contribution in [0.2, 0.25) is 0 Å². The summed E-state index contributed by atoms with van der Waals surface area (Å²) >= 11 is 0. The molecule has 0 aromatic heterocycles. The fourth-order valence-electron chi connectivity index (χ4n) is 6.78. The normalized spacial score (nSPS) is 13.0. The number of aliphatic hydroxyl groups excluding tert-OH is 2. The summed E-state index contributed by atoms with van der Waals surface area (Å²) in [7, 11) is 0. The molecular weight excluding hydrogens is 671 g/mol. The summed E-state index contributed by atoms with van der Waals surface area (Å²) in [5.74, 6) is -0.121. The summed E-state index contributed by atoms with van der Waals surface area (Å²) in [6.45, 7) is 4.80. The van der Waals surface area contributed by atoms with Crippen molar-refractivity contribution in [3.63, 3.8) is 0 Å². The zero-order chi connectivity index (χ0) is 39.4. The van der Waals surface area contributed by atoms with Crippen LogP contribution in [0.5, 0.6) is 0 Å². The van der Waals surface area contributed by atoms with E-state index in [-0.39, 0.29) is 18.5 Å². The van der Waals surface area contributed by atoms with Gasteiger partial charge in [-0.05, 0) is 83.5 Å². The summed E-state index contributed by atoms with van der Waals surface area (Å²) in [5, 5.41) is 23.0. The molecule has 0 aliphatic heterocycles. The van der Waals surface area contributed by atoms with Crippen molar-refractivity contribution in [2.45, 2.75) is 244 Å². The first-order valence-electron chi connectivity index (χ1n) is 23.2. The van der Waals surface area contributed by atoms with E-state index >= 15 is 0 Å². The highest BCUT2D eigenvalue weighted by Gasteiger charge is 2.20. The van der Waals surface area contributed by atoms with Crippen molar-refractivity contribution < 1.29 is 24.5 Å². The Kier molecular flexibility index (Phi) is 42.2. The van der Waals surface area contributed by atoms with Gasteiger partial charge in [-0.3, -0.25) is 9.59 Å². The molecule has 54 heavy (non-hydrogen) atoms. The highest BCUT2D eigenvalue weighted by molar-refractivity contribution is 5.76. The fourth-order valence-corrected chi connectivity index (χ4v) is 6.78. The van der Waals surface area contributed by atoms with Gasteiger partial charge in [0.25, 0.3) is 0 Å². The third kappa shape index (κ3) is 39.8. The first-order chi connectivity index (χ1) is 26.5. The number of rotatable bonds is 42. The summed E-state index contributed by atoms with van der Waals surface area (Å²) < 4.78 is 5.43. The lowest BCUT2D eigenvalue weighted by atomic mass is 10.0. The second-order valence-corrected chi connectivity index (χ2v) is 15.7. The van der Waals surface area contributed by atoms with Gasteiger partial charge >= 0.3 is 5.97 Å². The first-order valence-corrected chi connectivity index (χ1v) is 23.2. The molecule has 0 radical (unpaired) electrons. The van der Waals surface area contributed by atoms with Crippen molar-refractivity contribution in [3.05, 3.63) is 36.5 Å². The number of allylic oxidation sites excluding steroid dienone is 6. The molecule has 2 unspecified atom stereocenters. The molecule has 0 aliphatic rings. The zero-order valence-electron chi connectivity index (χ0n) is 35.7. The molecule has 3 N–H and O–H groups in total. The quantitative estimate of drug-likeness (QED) is 0.0327. The molecule has 0 saturated carbocycles. The number of amides is 1. The summed E-state index contributed by atoms with van der Waals surface area (Å²) in [6, 6.07) is -0.565. The van der Waals surface area contributed by atoms with Gasteiger partial charge < -0.3 is 20.3 Å². The van der Waals surface area contributed by atoms with E-state index in [2.05, 4.69) is 55.6 Å². The number of ether oxygens (including phenoxy) is 1. The van der Waals surface area contributed by atoms with Gasteiger partial charge in [-0.25, -0.2) is 0 Å². The van der Waals surface area contributed by atoms with E-state index in [1.807, 2.05) is 0 Å². The minimum absolute atomic E-state index is 0.0451. The van der Waals surface area contributed by atoms with Gasteiger partial charge in [0.1, 0.15) is 0 Å². The number of carbonyl (C=O) groups is 2. The predicted octanol–water partition coefficient (Wildman–Crippen LogP) is 13.3. The third-order valence-corrected chi connectivity index (χ3v) is 10.4. The highest BCUT2D eigenvalue weighted by Crippen LogP contribution is 2.14. The molecule has 6 heteroatoms. The Labute approximate surface area is 334 Å². The van der Waals surface area contributed by atoms with Crippen LogP contribution >= 0.6 is 0 Å². The van der Waals surface area contributed by atoms with Gasteiger partial charge in [0.15, 0.2) is 0 Å². The van der Waals surface area contributed by atoms with Gasteiger partial charge in [-0.1, -0.05) is 172 Å². The van der Waals surface area contributed by atoms with Crippen LogP contribution in [0.15, 0.2) is 36.5 Å². The Hall–Kier alpha value is -1.92. The number of nitrogens with one attached hydrogen (secondary N) is 1. The maximum atomic E-state index is 12.3. The first kappa shape index (κ1) is 52.1. The molecule has 2 atom stereocenters. The summed E-state index contributed by atoms with van der Waals surface area (Å²) in [4.78, 5) is 24.4. The van der Waals surface area contributed by atoms with E-state index in [4.69, 9.17) is 4.74 Å². The molecule has 0 heterocycles. The molecule has 0 bridgehead atoms. The topological polar surface area (TPSA) is 95.9 Å². The Morgan fingerprint density at radius 1 is 0.519 bits per heavy atom. The van der Waals surface area contributed by atoms with E-state index in [1.165, 1.54) is 116 Å². The monoisotopic (exact) mass is 760 g/mol. The predicted molar refractivity (Wildman–Crippen MR) is 232 cm³/mol. The minimum Gasteiger partial charge on any atom is -0.466 e. The SMILES string of the molecule is CCCCCC/C=C\C/C=C\CCCCCCCCCC(=O)OCCCC/C=C\CCCCCCC(=O)NC(CO)C(O)CCCCCCCCCCC. The van der Waals surface area contributed by atoms with E-state index in [1.54, 1.807) is 0 Å². The number of aliphatic hydroxyl groups is 2. The summed E-state index contributed by atoms with van der Waals surface area (Å²) in [5.41, 5.74) is 0. The van der Waals surface area contributed by atoms with Crippen molar-refractivity contribution in [1.29, 1.82) is 0 Å². The van der Waals surface area contributed by atoms with Crippen LogP contribution in [0.3, 0.4) is 0 Å². The molecular formula is C48H89NO5. The van der Waals surface area contributed by atoms with Crippen molar-refractivity contribution >= 4 is 11.9 Å². The number of unbranched alkanes of at least 4 members (excludes halogenated alkanes) is 25. The van der Waals surface area contributed by atoms with E-state index in [9.17, 15) is 19.8 Å². The van der Waals surface area contributed by atoms with Crippen LogP contribution in [-0.4, -0.2) is 47.4 Å². The van der Waals surface area contributed by atoms with Crippen molar-refractivity contribution in [2.24, 2.45) is 0 Å². The van der Waals surface area contributed by atoms with Gasteiger partial charge in [0.2, 0.25) is 5.91 Å². The van der Waals surface area contributed by atoms with E-state index in [0.29, 0.717) is 25.9 Å². The van der Waals surface area contributed by atoms with Gasteiger partial charge in [0, 0.05) is 12.8 Å². The second-order valence-electron chi connectivity index (χ2n) is 15.7. The van der Waals surface area contributed by atoms with Crippen molar-refractivity contribution in [2.75, 3.05) is 13.2 Å². The molecule has 6 nitrogen and oxygen atoms in total. The number of hydrogen-bond acceptors (Lipinski definition) is 5. The van der Waals surface area contributed by atoms with E-state index < -0.39 is 12.1 Å². The molecule has 0 aromatic rings. The molecule has 0 rings (SSSR count). The lowest BCUT2D eigenvalue weighted by molar-refractivity contribution is -0.143. The Morgan fingerprint density at radius 3 is 1.44 bits per heavy atom. The van der Waals surface area contributed by atoms with Gasteiger partial charge in [-0.15, -0.1) is 0 Å². The number of hydrogen-bond donors (Lipinski definition) is 3. The van der Waals surface area contributed by atoms with Crippen LogP contribution in [0, 0.1) is 0 Å². The standard InChI is InChI=1S/C48H89NO5/c1-3-5-7-9-11-13-14-15-16-17-18-19-20-21-26-30-34-38-42-48(53)54-43-39-35-31-27-23-22-25-29-33-37-41-47(52)49-45(44-50)46(51)40-36-32-28-24-12-10-8-6-4-2/h13-14,16-17,23,27,45-46,50-51H,3-12,15,18-22,24-26,28-44H2,1-2H3,(H,49,52)/b14-13-,17-16-,27-23-. The molecule has 0 fully saturated rings. The molecule has 0 aliphatic carbocycles. The molecule has 0 aromatic carbocycles. The minimum atomic E-state index is -0.684. The summed E-state index contributed by atoms with van der Waals surface area (Å²) in [6.07, 6.45) is 51.1. The van der Waals surface area contributed by atoms with Gasteiger partial charge in [0.05, 0.1) is 25.4 Å². The Bertz CT molecular complexity index is 884. The van der Waals surface area contributed by atoms with Crippen LogP contribution in [0.25, 0.3) is 0 Å². The zero-order valence-corrected chi connectivity index (χ0v) is 35.7. The second kappa shape index (κ2) is 43.8. The lowest BCUT2D eigenvalue weighted by Crippen LogP contribution is -2.45. The maximum absolute atomic E-state index is 12.3. The smallest absolute Gasteiger partial charge is 0.305 e. The van der Waals surface area contributed by atoms with Crippen LogP contribution in [0.4, 0.5) is 0 Å². The molecule has 316 valence electrons.